The summed E-state index contributed by atoms with van der Waals surface area (Å²) in [7, 11) is 1.57. The number of ether oxygens (including phenoxy) is 1. The number of methoxy groups -OCH3 is 1. The lowest BCUT2D eigenvalue weighted by Crippen LogP contribution is -2.29. The van der Waals surface area contributed by atoms with Gasteiger partial charge in [0.05, 0.1) is 18.7 Å². The molecule has 0 radical (unpaired) electrons. The van der Waals surface area contributed by atoms with E-state index in [-0.39, 0.29) is 11.3 Å². The number of aryl methyl sites for hydroxylation is 1. The number of hydrogen-bond donors (Lipinski definition) is 1. The van der Waals surface area contributed by atoms with Gasteiger partial charge in [-0.15, -0.1) is 0 Å². The van der Waals surface area contributed by atoms with Gasteiger partial charge < -0.3 is 14.7 Å². The van der Waals surface area contributed by atoms with Crippen LogP contribution in [0.25, 0.3) is 5.76 Å². The Balaban J connectivity index is 1.89. The van der Waals surface area contributed by atoms with Gasteiger partial charge in [0.2, 0.25) is 0 Å². The Morgan fingerprint density at radius 1 is 1.00 bits per heavy atom. The number of carbonyl (C=O) groups is 2. The summed E-state index contributed by atoms with van der Waals surface area (Å²) < 4.78 is 5.33. The predicted molar refractivity (Wildman–Crippen MR) is 144 cm³/mol. The van der Waals surface area contributed by atoms with Crippen molar-refractivity contribution in [2.45, 2.75) is 26.8 Å². The number of amides is 1. The summed E-state index contributed by atoms with van der Waals surface area (Å²) in [4.78, 5) is 30.3. The molecule has 1 unspecified atom stereocenters. The first-order valence-electron chi connectivity index (χ1n) is 11.9. The van der Waals surface area contributed by atoms with E-state index in [2.05, 4.69) is 18.7 Å². The number of ketones is 1. The highest BCUT2D eigenvalue weighted by atomic mass is 35.5. The van der Waals surface area contributed by atoms with E-state index in [4.69, 9.17) is 16.3 Å². The van der Waals surface area contributed by atoms with Gasteiger partial charge in [-0.25, -0.2) is 0 Å². The topological polar surface area (TPSA) is 70.1 Å². The fraction of sp³-hybridized carbons (Fsp3) is 0.241. The number of carbonyl (C=O) groups excluding carboxylic acids is 2. The Kier molecular flexibility index (Phi) is 7.36. The highest BCUT2D eigenvalue weighted by molar-refractivity contribution is 6.51. The monoisotopic (exact) mass is 504 g/mol. The number of nitrogens with zero attached hydrogens (tertiary/aromatic N) is 2. The van der Waals surface area contributed by atoms with Crippen molar-refractivity contribution in [2.24, 2.45) is 0 Å². The number of rotatable bonds is 7. The molecule has 1 atom stereocenters. The van der Waals surface area contributed by atoms with Gasteiger partial charge in [-0.05, 0) is 86.5 Å². The fourth-order valence-electron chi connectivity index (χ4n) is 4.65. The molecule has 1 amide bonds. The van der Waals surface area contributed by atoms with Crippen molar-refractivity contribution >= 4 is 40.4 Å². The van der Waals surface area contributed by atoms with Gasteiger partial charge in [0.1, 0.15) is 11.5 Å². The molecule has 0 aliphatic carbocycles. The van der Waals surface area contributed by atoms with Gasteiger partial charge in [-0.1, -0.05) is 23.7 Å². The number of anilines is 2. The minimum Gasteiger partial charge on any atom is -0.507 e. The van der Waals surface area contributed by atoms with Gasteiger partial charge >= 0.3 is 0 Å². The second-order valence-electron chi connectivity index (χ2n) is 8.59. The molecule has 1 fully saturated rings. The molecule has 1 aliphatic rings. The summed E-state index contributed by atoms with van der Waals surface area (Å²) in [5.41, 5.74) is 3.55. The third-order valence-electron chi connectivity index (χ3n) is 6.55. The lowest BCUT2D eigenvalue weighted by molar-refractivity contribution is -0.132. The maximum atomic E-state index is 13.4. The molecule has 6 nitrogen and oxygen atoms in total. The van der Waals surface area contributed by atoms with Crippen molar-refractivity contribution < 1.29 is 19.4 Å². The van der Waals surface area contributed by atoms with E-state index in [1.165, 1.54) is 4.90 Å². The Hall–Kier alpha value is -3.77. The zero-order valence-electron chi connectivity index (χ0n) is 20.8. The number of halogens is 1. The quantitative estimate of drug-likeness (QED) is 0.238. The van der Waals surface area contributed by atoms with E-state index in [1.807, 2.05) is 31.2 Å². The third-order valence-corrected chi connectivity index (χ3v) is 6.81. The molecule has 7 heteroatoms. The van der Waals surface area contributed by atoms with E-state index in [0.29, 0.717) is 27.6 Å². The Morgan fingerprint density at radius 3 is 2.19 bits per heavy atom. The first kappa shape index (κ1) is 25.3. The molecule has 1 aliphatic heterocycles. The molecule has 1 N–H and O–H groups in total. The van der Waals surface area contributed by atoms with Crippen molar-refractivity contribution in [3.05, 3.63) is 94.0 Å². The van der Waals surface area contributed by atoms with Crippen molar-refractivity contribution in [3.8, 4) is 5.75 Å². The SMILES string of the molecule is CCN(CC)c1ccc(C2/C(=C(/O)c3ccc(OC)c(C)c3)C(=O)C(=O)N2c2ccc(Cl)cc2)cc1. The maximum Gasteiger partial charge on any atom is 0.300 e. The standard InChI is InChI=1S/C29H29ClN2O4/c1-5-31(6-2)22-12-7-19(8-13-22)26-25(27(33)20-9-16-24(36-4)18(3)17-20)28(34)29(35)32(26)23-14-10-21(30)11-15-23/h7-17,26,33H,5-6H2,1-4H3/b27-25-. The van der Waals surface area contributed by atoms with Crippen LogP contribution in [0.1, 0.15) is 36.6 Å². The largest absolute Gasteiger partial charge is 0.507 e. The zero-order valence-corrected chi connectivity index (χ0v) is 21.5. The summed E-state index contributed by atoms with van der Waals surface area (Å²) in [5, 5.41) is 11.9. The molecule has 1 saturated heterocycles. The summed E-state index contributed by atoms with van der Waals surface area (Å²) in [6.07, 6.45) is 0. The second-order valence-corrected chi connectivity index (χ2v) is 9.03. The number of aliphatic hydroxyl groups is 1. The van der Waals surface area contributed by atoms with Crippen LogP contribution in [0.15, 0.2) is 72.3 Å². The second kappa shape index (κ2) is 10.5. The molecule has 0 spiro atoms. The first-order valence-corrected chi connectivity index (χ1v) is 12.2. The van der Waals surface area contributed by atoms with Crippen molar-refractivity contribution in [3.63, 3.8) is 0 Å². The third kappa shape index (κ3) is 4.56. The average molecular weight is 505 g/mol. The fourth-order valence-corrected chi connectivity index (χ4v) is 4.78. The van der Waals surface area contributed by atoms with Crippen molar-refractivity contribution in [1.82, 2.24) is 0 Å². The molecule has 36 heavy (non-hydrogen) atoms. The van der Waals surface area contributed by atoms with Crippen LogP contribution in [-0.4, -0.2) is 37.0 Å². The van der Waals surface area contributed by atoms with Gasteiger partial charge in [0, 0.05) is 35.1 Å². The van der Waals surface area contributed by atoms with Crippen LogP contribution in [-0.2, 0) is 9.59 Å². The van der Waals surface area contributed by atoms with E-state index in [9.17, 15) is 14.7 Å². The molecular weight excluding hydrogens is 476 g/mol. The van der Waals surface area contributed by atoms with E-state index < -0.39 is 17.7 Å². The Morgan fingerprint density at radius 2 is 1.64 bits per heavy atom. The Bertz CT molecular complexity index is 1310. The normalized spacial score (nSPS) is 16.9. The van der Waals surface area contributed by atoms with Crippen LogP contribution in [0.5, 0.6) is 5.75 Å². The minimum atomic E-state index is -0.806. The molecule has 3 aromatic carbocycles. The number of Topliss-reactive ketones (excluding diaryl/α,β-unsaturated/α-hetero) is 1. The number of hydrogen-bond acceptors (Lipinski definition) is 5. The van der Waals surface area contributed by atoms with E-state index in [1.54, 1.807) is 49.6 Å². The van der Waals surface area contributed by atoms with Gasteiger partial charge in [-0.3, -0.25) is 14.5 Å². The maximum absolute atomic E-state index is 13.4. The van der Waals surface area contributed by atoms with Crippen LogP contribution in [0.4, 0.5) is 11.4 Å². The molecule has 0 saturated carbocycles. The summed E-state index contributed by atoms with van der Waals surface area (Å²) in [6, 6.07) is 18.8. The van der Waals surface area contributed by atoms with E-state index >= 15 is 0 Å². The highest BCUT2D eigenvalue weighted by Crippen LogP contribution is 2.43. The molecule has 0 bridgehead atoms. The molecular formula is C29H29ClN2O4. The van der Waals surface area contributed by atoms with Gasteiger partial charge in [-0.2, -0.15) is 0 Å². The number of benzene rings is 3. The van der Waals surface area contributed by atoms with Crippen LogP contribution < -0.4 is 14.5 Å². The molecule has 4 rings (SSSR count). The number of aliphatic hydroxyl groups excluding tert-OH is 1. The van der Waals surface area contributed by atoms with Crippen LogP contribution in [0, 0.1) is 6.92 Å². The van der Waals surface area contributed by atoms with Crippen LogP contribution >= 0.6 is 11.6 Å². The molecule has 186 valence electrons. The van der Waals surface area contributed by atoms with Crippen LogP contribution in [0.3, 0.4) is 0 Å². The van der Waals surface area contributed by atoms with Gasteiger partial charge in [0.15, 0.2) is 0 Å². The Labute approximate surface area is 216 Å². The van der Waals surface area contributed by atoms with Crippen molar-refractivity contribution in [2.75, 3.05) is 30.0 Å². The van der Waals surface area contributed by atoms with Crippen LogP contribution in [0.2, 0.25) is 5.02 Å². The molecule has 3 aromatic rings. The molecule has 0 aromatic heterocycles. The zero-order chi connectivity index (χ0) is 26.0. The first-order chi connectivity index (χ1) is 17.3. The van der Waals surface area contributed by atoms with Crippen molar-refractivity contribution in [1.29, 1.82) is 0 Å². The van der Waals surface area contributed by atoms with Gasteiger partial charge in [0.25, 0.3) is 11.7 Å². The summed E-state index contributed by atoms with van der Waals surface area (Å²) in [5.74, 6) is -1.01. The molecule has 1 heterocycles. The smallest absolute Gasteiger partial charge is 0.300 e. The summed E-state index contributed by atoms with van der Waals surface area (Å²) in [6.45, 7) is 7.74. The van der Waals surface area contributed by atoms with E-state index in [0.717, 1.165) is 24.3 Å². The lowest BCUT2D eigenvalue weighted by atomic mass is 9.94. The highest BCUT2D eigenvalue weighted by Gasteiger charge is 2.47. The predicted octanol–water partition coefficient (Wildman–Crippen LogP) is 6.13. The lowest BCUT2D eigenvalue weighted by Gasteiger charge is -2.27. The minimum absolute atomic E-state index is 0.0371. The average Bonchev–Trinajstić information content (AvgIpc) is 3.15. The summed E-state index contributed by atoms with van der Waals surface area (Å²) >= 11 is 6.08.